The van der Waals surface area contributed by atoms with Crippen molar-refractivity contribution < 1.29 is 53.9 Å². The van der Waals surface area contributed by atoms with Crippen molar-refractivity contribution in [3.8, 4) is 34.8 Å². The molecule has 340 valence electrons. The quantitative estimate of drug-likeness (QED) is 0.0716. The average Bonchev–Trinajstić information content (AvgIpc) is 4.11. The molecular formula is C42H41BrF4MgN14O4. The molecule has 0 spiro atoms. The van der Waals surface area contributed by atoms with Gasteiger partial charge in [-0.1, -0.05) is 34.7 Å². The van der Waals surface area contributed by atoms with Gasteiger partial charge in [-0.2, -0.15) is 0 Å². The number of carbonyl (C=O) groups excluding carboxylic acids is 1. The summed E-state index contributed by atoms with van der Waals surface area (Å²) >= 11 is 0. The minimum Gasteiger partial charge on any atom is -1.00 e. The van der Waals surface area contributed by atoms with Crippen molar-refractivity contribution in [1.29, 1.82) is 0 Å². The maximum atomic E-state index is 12.8. The zero-order valence-electron chi connectivity index (χ0n) is 36.3. The van der Waals surface area contributed by atoms with Crippen molar-refractivity contribution >= 4 is 28.8 Å². The number of aryl methyl sites for hydroxylation is 2. The van der Waals surface area contributed by atoms with E-state index in [1.165, 1.54) is 46.9 Å². The topological polar surface area (TPSA) is 204 Å². The third-order valence-corrected chi connectivity index (χ3v) is 9.34. The summed E-state index contributed by atoms with van der Waals surface area (Å²) in [5, 5.41) is 42.6. The summed E-state index contributed by atoms with van der Waals surface area (Å²) in [6.07, 6.45) is 1.21. The monoisotopic (exact) mass is 984 g/mol. The molecule has 1 N–H and O–H groups in total. The fraction of sp³-hybridized carbons (Fsp3) is 0.238. The number of benzene rings is 2. The number of ketones is 1. The Kier molecular flexibility index (Phi) is 17.9. The Hall–Kier alpha value is -6.50. The van der Waals surface area contributed by atoms with Gasteiger partial charge in [0.1, 0.15) is 48.6 Å². The van der Waals surface area contributed by atoms with Crippen LogP contribution < -0.4 is 26.5 Å². The SMILES string of the molecule is CC(=O)c1cn(-c2ccc(OCc3c(C)nnn3-c3ccc(C(F)F)cc3)nn2)cn1.Cc1nnn(-c2ccc(C(F)F)cc2)c1COc1ccc(-n2cnc(C(C)(C)O)c2)nn1.[Br-].[CH3-].[Mg+2]. The molecule has 0 saturated heterocycles. The normalized spacial score (nSPS) is 11.0. The fourth-order valence-electron chi connectivity index (χ4n) is 5.76. The summed E-state index contributed by atoms with van der Waals surface area (Å²) in [5.41, 5.74) is 3.43. The van der Waals surface area contributed by atoms with E-state index < -0.39 is 18.5 Å². The van der Waals surface area contributed by atoms with Crippen LogP contribution in [0.1, 0.15) is 83.7 Å². The largest absolute Gasteiger partial charge is 2.00 e. The van der Waals surface area contributed by atoms with Crippen LogP contribution in [-0.4, -0.2) is 103 Å². The van der Waals surface area contributed by atoms with Crippen LogP contribution in [0.3, 0.4) is 0 Å². The molecule has 8 rings (SSSR count). The molecule has 0 saturated carbocycles. The predicted octanol–water partition coefficient (Wildman–Crippen LogP) is 3.64. The van der Waals surface area contributed by atoms with Crippen molar-refractivity contribution in [1.82, 2.24) is 69.5 Å². The standard InChI is InChI=1S/C21H21F2N7O2.C20H17F2N7O2.CH3.BrH.Mg/c1-13-16(30(28-25-13)15-6-4-14(5-7-15)20(22)23)11-32-19-9-8-18(26-27-19)29-10-17(24-12-29)21(2,3)31;1-12-17(29(27-24-12)15-5-3-14(4-6-15)20(21)22)10-31-19-8-7-18(25-26-19)28-9-16(13(2)30)23-11-28;;;/h4-10,12,20,31H,11H2,1-3H3;3-9,11,20H,10H2,1-2H3;1H3;1H;/q;;-1;;+2/p-1. The minimum absolute atomic E-state index is 0. The van der Waals surface area contributed by atoms with E-state index in [1.807, 2.05) is 0 Å². The first-order chi connectivity index (χ1) is 30.1. The van der Waals surface area contributed by atoms with E-state index in [-0.39, 0.29) is 89.3 Å². The second-order valence-electron chi connectivity index (χ2n) is 14.3. The Morgan fingerprint density at radius 1 is 0.652 bits per heavy atom. The first-order valence-electron chi connectivity index (χ1n) is 19.0. The first-order valence-corrected chi connectivity index (χ1v) is 19.0. The Bertz CT molecular complexity index is 2800. The van der Waals surface area contributed by atoms with Crippen molar-refractivity contribution in [3.05, 3.63) is 151 Å². The molecule has 2 aromatic carbocycles. The Balaban J connectivity index is 0.000000276. The summed E-state index contributed by atoms with van der Waals surface area (Å²) < 4.78 is 68.9. The molecule has 0 fully saturated rings. The van der Waals surface area contributed by atoms with E-state index in [0.717, 1.165) is 0 Å². The molecule has 6 aromatic heterocycles. The van der Waals surface area contributed by atoms with Gasteiger partial charge in [-0.3, -0.25) is 13.9 Å². The van der Waals surface area contributed by atoms with Gasteiger partial charge in [0.05, 0.1) is 28.5 Å². The summed E-state index contributed by atoms with van der Waals surface area (Å²) in [7, 11) is 0. The second kappa shape index (κ2) is 22.6. The van der Waals surface area contributed by atoms with Gasteiger partial charge in [0, 0.05) is 42.6 Å². The van der Waals surface area contributed by atoms with E-state index in [0.29, 0.717) is 57.2 Å². The number of hydrogen-bond acceptors (Lipinski definition) is 14. The summed E-state index contributed by atoms with van der Waals surface area (Å²) in [6.45, 7) is 8.50. The number of nitrogens with zero attached hydrogens (tertiary/aromatic N) is 14. The molecule has 0 radical (unpaired) electrons. The van der Waals surface area contributed by atoms with Gasteiger partial charge < -0.3 is 39.0 Å². The van der Waals surface area contributed by atoms with Crippen LogP contribution in [0.5, 0.6) is 11.8 Å². The minimum atomic E-state index is -2.53. The maximum absolute atomic E-state index is 12.8. The van der Waals surface area contributed by atoms with E-state index in [1.54, 1.807) is 104 Å². The number of alkyl halides is 4. The molecule has 0 bridgehead atoms. The van der Waals surface area contributed by atoms with Crippen LogP contribution in [-0.2, 0) is 18.8 Å². The summed E-state index contributed by atoms with van der Waals surface area (Å²) in [5.74, 6) is 1.42. The van der Waals surface area contributed by atoms with Gasteiger partial charge in [0.25, 0.3) is 12.9 Å². The first kappa shape index (κ1) is 52.1. The number of Topliss-reactive ketones (excluding diaryl/α,β-unsaturated/α-hetero) is 1. The van der Waals surface area contributed by atoms with Gasteiger partial charge in [0.15, 0.2) is 17.4 Å². The Morgan fingerprint density at radius 2 is 1.08 bits per heavy atom. The zero-order valence-corrected chi connectivity index (χ0v) is 39.3. The predicted molar refractivity (Wildman–Crippen MR) is 226 cm³/mol. The molecule has 24 heteroatoms. The number of imidazole rings is 2. The molecule has 0 unspecified atom stereocenters. The van der Waals surface area contributed by atoms with Crippen molar-refractivity contribution in [2.75, 3.05) is 0 Å². The number of aromatic nitrogens is 14. The molecule has 0 aliphatic rings. The Labute approximate surface area is 402 Å². The van der Waals surface area contributed by atoms with E-state index in [2.05, 4.69) is 51.0 Å². The van der Waals surface area contributed by atoms with Crippen LogP contribution in [0.25, 0.3) is 23.0 Å². The van der Waals surface area contributed by atoms with Crippen molar-refractivity contribution in [2.45, 2.75) is 66.3 Å². The maximum Gasteiger partial charge on any atom is 2.00 e. The molecule has 0 aliphatic heterocycles. The summed E-state index contributed by atoms with van der Waals surface area (Å²) in [4.78, 5) is 19.5. The number of carbonyl (C=O) groups is 1. The van der Waals surface area contributed by atoms with E-state index >= 15 is 0 Å². The van der Waals surface area contributed by atoms with Crippen LogP contribution in [0.4, 0.5) is 17.6 Å². The van der Waals surface area contributed by atoms with Gasteiger partial charge >= 0.3 is 23.1 Å². The number of aliphatic hydroxyl groups is 1. The van der Waals surface area contributed by atoms with Gasteiger partial charge in [0.2, 0.25) is 11.8 Å². The number of hydrogen-bond donors (Lipinski definition) is 1. The molecule has 18 nitrogen and oxygen atoms in total. The third-order valence-electron chi connectivity index (χ3n) is 9.34. The van der Waals surface area contributed by atoms with E-state index in [4.69, 9.17) is 9.47 Å². The molecular weight excluding hydrogens is 945 g/mol. The molecule has 66 heavy (non-hydrogen) atoms. The molecule has 0 amide bonds. The third kappa shape index (κ3) is 12.4. The number of halogens is 5. The average molecular weight is 986 g/mol. The van der Waals surface area contributed by atoms with Gasteiger partial charge in [-0.15, -0.1) is 30.6 Å². The van der Waals surface area contributed by atoms with Crippen LogP contribution in [0.15, 0.2) is 97.8 Å². The molecule has 6 heterocycles. The van der Waals surface area contributed by atoms with E-state index in [9.17, 15) is 27.5 Å². The van der Waals surface area contributed by atoms with Gasteiger partial charge in [-0.25, -0.2) is 36.9 Å². The zero-order chi connectivity index (χ0) is 44.8. The van der Waals surface area contributed by atoms with Gasteiger partial charge in [-0.05, 0) is 64.1 Å². The Morgan fingerprint density at radius 3 is 1.42 bits per heavy atom. The fourth-order valence-corrected chi connectivity index (χ4v) is 5.76. The van der Waals surface area contributed by atoms with Crippen LogP contribution in [0, 0.1) is 21.3 Å². The second-order valence-corrected chi connectivity index (χ2v) is 14.3. The number of rotatable bonds is 14. The molecule has 0 aliphatic carbocycles. The van der Waals surface area contributed by atoms with Crippen molar-refractivity contribution in [2.24, 2.45) is 0 Å². The molecule has 8 aromatic rings. The van der Waals surface area contributed by atoms with Crippen LogP contribution >= 0.6 is 0 Å². The van der Waals surface area contributed by atoms with Crippen molar-refractivity contribution in [3.63, 3.8) is 0 Å². The molecule has 0 atom stereocenters. The summed E-state index contributed by atoms with van der Waals surface area (Å²) in [6, 6.07) is 18.3. The number of ether oxygens (including phenoxy) is 2. The smallest absolute Gasteiger partial charge is 1.00 e. The van der Waals surface area contributed by atoms with Crippen LogP contribution in [0.2, 0.25) is 0 Å².